The summed E-state index contributed by atoms with van der Waals surface area (Å²) >= 11 is 0. The van der Waals surface area contributed by atoms with Crippen LogP contribution in [0.15, 0.2) is 24.6 Å². The lowest BCUT2D eigenvalue weighted by Gasteiger charge is -2.06. The topological polar surface area (TPSA) is 28.2 Å². The van der Waals surface area contributed by atoms with E-state index in [4.69, 9.17) is 5.26 Å². The van der Waals surface area contributed by atoms with Crippen LogP contribution in [0.5, 0.6) is 0 Å². The highest BCUT2D eigenvalue weighted by molar-refractivity contribution is 5.34. The molecule has 0 radical (unpaired) electrons. The summed E-state index contributed by atoms with van der Waals surface area (Å²) in [5, 5.41) is 8.79. The van der Waals surface area contributed by atoms with Crippen LogP contribution in [0.4, 0.5) is 0 Å². The van der Waals surface area contributed by atoms with Crippen molar-refractivity contribution in [3.8, 4) is 6.07 Å². The third kappa shape index (κ3) is 11.4. The van der Waals surface area contributed by atoms with Crippen molar-refractivity contribution in [1.82, 2.24) is 0 Å². The normalized spacial score (nSPS) is 14.2. The van der Waals surface area contributed by atoms with E-state index in [9.17, 15) is 0 Å². The fourth-order valence-electron chi connectivity index (χ4n) is 3.27. The third-order valence-electron chi connectivity index (χ3n) is 4.90. The zero-order valence-corrected chi connectivity index (χ0v) is 15.9. The molecule has 0 aromatic rings. The molecule has 2 heteroatoms. The maximum atomic E-state index is 8.79. The van der Waals surface area contributed by atoms with Gasteiger partial charge >= 0.3 is 0 Å². The van der Waals surface area contributed by atoms with Crippen LogP contribution in [-0.4, -0.2) is 6.54 Å². The Morgan fingerprint density at radius 2 is 1.12 bits per heavy atom. The minimum absolute atomic E-state index is 0.764. The lowest BCUT2D eigenvalue weighted by molar-refractivity contribution is -0.791. The second-order valence-corrected chi connectivity index (χ2v) is 7.15. The summed E-state index contributed by atoms with van der Waals surface area (Å²) in [4.78, 5) is 1.37. The third-order valence-corrected chi connectivity index (χ3v) is 4.90. The second-order valence-electron chi connectivity index (χ2n) is 7.15. The largest absolute Gasteiger partial charge is 0.195 e. The number of hydrogen-bond acceptors (Lipinski definition) is 1. The molecule has 0 fully saturated rings. The van der Waals surface area contributed by atoms with Crippen LogP contribution in [-0.2, 0) is 0 Å². The van der Waals surface area contributed by atoms with Gasteiger partial charge in [-0.15, -0.1) is 0 Å². The molecule has 0 saturated carbocycles. The van der Waals surface area contributed by atoms with Gasteiger partial charge in [-0.1, -0.05) is 84.0 Å². The van der Waals surface area contributed by atoms with E-state index in [0.29, 0.717) is 0 Å². The molecule has 24 heavy (non-hydrogen) atoms. The Balaban J connectivity index is 1.77. The highest BCUT2D eigenvalue weighted by Crippen LogP contribution is 2.12. The lowest BCUT2D eigenvalue weighted by atomic mass is 10.0. The standard InChI is InChI=1S/C22H37N2/c1-2-3-4-5-6-7-8-9-10-11-12-13-14-15-18-24-19-16-22(21-23)17-20-24/h16-17,19-20H,2-15,18H2,1H3/q+1/p+1. The Bertz CT molecular complexity index is 364. The molecule has 0 saturated heterocycles. The van der Waals surface area contributed by atoms with Gasteiger partial charge in [-0.3, -0.25) is 0 Å². The Morgan fingerprint density at radius 1 is 0.708 bits per heavy atom. The summed E-state index contributed by atoms with van der Waals surface area (Å²) in [5.74, 6) is 0.764. The smallest absolute Gasteiger partial charge is 0.188 e. The summed E-state index contributed by atoms with van der Waals surface area (Å²) in [5.41, 5.74) is 0. The zero-order chi connectivity index (χ0) is 17.3. The van der Waals surface area contributed by atoms with Crippen LogP contribution in [0.25, 0.3) is 0 Å². The first kappa shape index (κ1) is 20.8. The number of quaternary nitrogens is 1. The summed E-state index contributed by atoms with van der Waals surface area (Å²) in [6.45, 7) is 3.44. The molecule has 0 aromatic heterocycles. The van der Waals surface area contributed by atoms with Gasteiger partial charge < -0.3 is 0 Å². The molecule has 0 bridgehead atoms. The van der Waals surface area contributed by atoms with E-state index >= 15 is 0 Å². The molecule has 1 aliphatic heterocycles. The van der Waals surface area contributed by atoms with Gasteiger partial charge in [0.05, 0.1) is 0 Å². The Kier molecular flexibility index (Phi) is 13.3. The molecule has 1 aliphatic rings. The second kappa shape index (κ2) is 15.3. The van der Waals surface area contributed by atoms with Crippen molar-refractivity contribution in [3.05, 3.63) is 30.5 Å². The molecule has 0 unspecified atom stereocenters. The van der Waals surface area contributed by atoms with Crippen molar-refractivity contribution in [2.75, 3.05) is 6.54 Å². The molecule has 1 rings (SSSR count). The van der Waals surface area contributed by atoms with E-state index in [0.717, 1.165) is 12.5 Å². The summed E-state index contributed by atoms with van der Waals surface area (Å²) < 4.78 is 0. The molecule has 134 valence electrons. The van der Waals surface area contributed by atoms with Crippen molar-refractivity contribution >= 4 is 0 Å². The Hall–Kier alpha value is -1.20. The number of hydrogen-bond donors (Lipinski definition) is 1. The number of nitrogens with one attached hydrogen (secondary N) is 1. The van der Waals surface area contributed by atoms with Crippen molar-refractivity contribution in [3.63, 3.8) is 0 Å². The first-order chi connectivity index (χ1) is 11.9. The van der Waals surface area contributed by atoms with Gasteiger partial charge in [-0.2, -0.15) is 10.2 Å². The van der Waals surface area contributed by atoms with E-state index in [1.807, 2.05) is 12.2 Å². The number of nitriles is 1. The van der Waals surface area contributed by atoms with E-state index in [1.165, 1.54) is 94.8 Å². The number of rotatable bonds is 15. The zero-order valence-electron chi connectivity index (χ0n) is 15.9. The SMILES string of the molecule is CCCCCCCCCCCCCCCC[NH+]1C=C[C+](C#N)C=C1. The number of unbranched alkanes of at least 4 members (excludes halogenated alkanes) is 13. The van der Waals surface area contributed by atoms with Crippen molar-refractivity contribution in [1.29, 1.82) is 5.26 Å². The molecule has 0 amide bonds. The van der Waals surface area contributed by atoms with Crippen LogP contribution in [0.2, 0.25) is 0 Å². The predicted octanol–water partition coefficient (Wildman–Crippen LogP) is 5.49. The van der Waals surface area contributed by atoms with Crippen LogP contribution in [0, 0.1) is 17.2 Å². The van der Waals surface area contributed by atoms with Gasteiger partial charge in [-0.05, 0) is 12.8 Å². The van der Waals surface area contributed by atoms with Crippen molar-refractivity contribution in [2.45, 2.75) is 96.8 Å². The van der Waals surface area contributed by atoms with Gasteiger partial charge in [0.1, 0.15) is 18.7 Å². The highest BCUT2D eigenvalue weighted by atomic mass is 15.1. The van der Waals surface area contributed by atoms with E-state index in [2.05, 4.69) is 25.4 Å². The van der Waals surface area contributed by atoms with E-state index < -0.39 is 0 Å². The molecule has 0 aromatic carbocycles. The average molecular weight is 331 g/mol. The lowest BCUT2D eigenvalue weighted by Crippen LogP contribution is -3.03. The first-order valence-electron chi connectivity index (χ1n) is 10.4. The summed E-state index contributed by atoms with van der Waals surface area (Å²) in [6.07, 6.45) is 27.8. The van der Waals surface area contributed by atoms with Crippen LogP contribution < -0.4 is 4.90 Å². The predicted molar refractivity (Wildman–Crippen MR) is 103 cm³/mol. The molecular formula is C22H38N2+2. The maximum Gasteiger partial charge on any atom is 0.195 e. The van der Waals surface area contributed by atoms with Gasteiger partial charge in [-0.25, -0.2) is 0 Å². The number of allylic oxidation sites excluding steroid dienone is 2. The van der Waals surface area contributed by atoms with E-state index in [1.54, 1.807) is 0 Å². The molecule has 0 aliphatic carbocycles. The molecule has 1 N–H and O–H groups in total. The summed E-state index contributed by atoms with van der Waals surface area (Å²) in [7, 11) is 0. The molecule has 0 atom stereocenters. The van der Waals surface area contributed by atoms with Crippen LogP contribution >= 0.6 is 0 Å². The monoisotopic (exact) mass is 330 g/mol. The average Bonchev–Trinajstić information content (AvgIpc) is 2.62. The fraction of sp³-hybridized carbons (Fsp3) is 0.727. The maximum absolute atomic E-state index is 8.79. The quantitative estimate of drug-likeness (QED) is 0.312. The van der Waals surface area contributed by atoms with Gasteiger partial charge in [0, 0.05) is 0 Å². The molecular weight excluding hydrogens is 292 g/mol. The number of nitrogens with zero attached hydrogens (tertiary/aromatic N) is 1. The minimum atomic E-state index is 0.764. The van der Waals surface area contributed by atoms with Gasteiger partial charge in [0.2, 0.25) is 0 Å². The molecule has 1 heterocycles. The van der Waals surface area contributed by atoms with Gasteiger partial charge in [0.15, 0.2) is 24.4 Å². The first-order valence-corrected chi connectivity index (χ1v) is 10.4. The highest BCUT2D eigenvalue weighted by Gasteiger charge is 2.17. The molecule has 0 spiro atoms. The van der Waals surface area contributed by atoms with Crippen LogP contribution in [0.1, 0.15) is 96.8 Å². The van der Waals surface area contributed by atoms with Gasteiger partial charge in [0.25, 0.3) is 0 Å². The minimum Gasteiger partial charge on any atom is -0.188 e. The Labute approximate surface area is 150 Å². The van der Waals surface area contributed by atoms with Crippen molar-refractivity contribution < 1.29 is 4.90 Å². The van der Waals surface area contributed by atoms with E-state index in [-0.39, 0.29) is 0 Å². The van der Waals surface area contributed by atoms with Crippen LogP contribution in [0.3, 0.4) is 0 Å². The summed E-state index contributed by atoms with van der Waals surface area (Å²) in [6, 6.07) is 2.17. The Morgan fingerprint density at radius 3 is 1.54 bits per heavy atom. The van der Waals surface area contributed by atoms with Crippen molar-refractivity contribution in [2.24, 2.45) is 0 Å². The molecule has 2 nitrogen and oxygen atoms in total. The fourth-order valence-corrected chi connectivity index (χ4v) is 3.27.